The Balaban J connectivity index is 2.14. The van der Waals surface area contributed by atoms with E-state index in [2.05, 4.69) is 66.8 Å². The van der Waals surface area contributed by atoms with Gasteiger partial charge in [0.1, 0.15) is 0 Å². The summed E-state index contributed by atoms with van der Waals surface area (Å²) in [4.78, 5) is 4.38. The van der Waals surface area contributed by atoms with Gasteiger partial charge in [-0.25, -0.2) is 4.98 Å². The van der Waals surface area contributed by atoms with Crippen LogP contribution in [-0.2, 0) is 10.2 Å². The number of imidazole rings is 1. The summed E-state index contributed by atoms with van der Waals surface area (Å²) in [5, 5.41) is 3.37. The van der Waals surface area contributed by atoms with Gasteiger partial charge in [-0.15, -0.1) is 0 Å². The highest BCUT2D eigenvalue weighted by Gasteiger charge is 2.14. The summed E-state index contributed by atoms with van der Waals surface area (Å²) in [6, 6.07) is 8.76. The minimum absolute atomic E-state index is 0.171. The molecule has 1 N–H and O–H groups in total. The Morgan fingerprint density at radius 2 is 1.90 bits per heavy atom. The predicted octanol–water partition coefficient (Wildman–Crippen LogP) is 4.13. The fraction of sp³-hybridized carbons (Fsp3) is 0.471. The molecule has 0 saturated heterocycles. The molecule has 0 amide bonds. The third kappa shape index (κ3) is 3.85. The summed E-state index contributed by atoms with van der Waals surface area (Å²) < 4.78 is 7.29. The molecule has 0 bridgehead atoms. The van der Waals surface area contributed by atoms with Crippen LogP contribution in [0.1, 0.15) is 39.3 Å². The van der Waals surface area contributed by atoms with Crippen LogP contribution in [0.3, 0.4) is 0 Å². The summed E-state index contributed by atoms with van der Waals surface area (Å²) in [5.74, 6) is 0.836. The first-order valence-corrected chi connectivity index (χ1v) is 7.31. The molecule has 0 fully saturated rings. The van der Waals surface area contributed by atoms with Crippen LogP contribution in [0.5, 0.6) is 0 Å². The summed E-state index contributed by atoms with van der Waals surface area (Å²) in [5.41, 5.74) is 2.54. The Kier molecular flexibility index (Phi) is 4.68. The van der Waals surface area contributed by atoms with Crippen LogP contribution in [-0.4, -0.2) is 23.3 Å². The number of anilines is 2. The van der Waals surface area contributed by atoms with Crippen molar-refractivity contribution in [2.75, 3.05) is 19.0 Å². The summed E-state index contributed by atoms with van der Waals surface area (Å²) in [6.07, 6.45) is 3.77. The smallest absolute Gasteiger partial charge is 0.207 e. The van der Waals surface area contributed by atoms with Crippen LogP contribution in [0, 0.1) is 0 Å². The third-order valence-corrected chi connectivity index (χ3v) is 3.56. The van der Waals surface area contributed by atoms with Crippen molar-refractivity contribution in [2.45, 2.75) is 39.2 Å². The number of hydrogen-bond donors (Lipinski definition) is 1. The lowest BCUT2D eigenvalue weighted by molar-refractivity contribution is 0.163. The van der Waals surface area contributed by atoms with Crippen LogP contribution in [0.15, 0.2) is 36.7 Å². The topological polar surface area (TPSA) is 39.1 Å². The van der Waals surface area contributed by atoms with Gasteiger partial charge < -0.3 is 14.6 Å². The molecule has 0 aliphatic heterocycles. The molecule has 1 heterocycles. The van der Waals surface area contributed by atoms with E-state index in [0.29, 0.717) is 6.61 Å². The molecule has 2 rings (SSSR count). The molecule has 0 saturated carbocycles. The Hall–Kier alpha value is -1.81. The average molecular weight is 287 g/mol. The summed E-state index contributed by atoms with van der Waals surface area (Å²) >= 11 is 0. The number of ether oxygens (including phenoxy) is 1. The molecular formula is C17H25N3O. The van der Waals surface area contributed by atoms with E-state index in [1.165, 1.54) is 5.56 Å². The van der Waals surface area contributed by atoms with Crippen molar-refractivity contribution in [2.24, 2.45) is 0 Å². The van der Waals surface area contributed by atoms with Gasteiger partial charge in [0.25, 0.3) is 0 Å². The number of nitrogens with zero attached hydrogens (tertiary/aromatic N) is 2. The van der Waals surface area contributed by atoms with E-state index in [4.69, 9.17) is 4.74 Å². The number of hydrogen-bond acceptors (Lipinski definition) is 3. The Morgan fingerprint density at radius 3 is 2.48 bits per heavy atom. The molecule has 0 aliphatic rings. The van der Waals surface area contributed by atoms with Crippen LogP contribution in [0.4, 0.5) is 11.6 Å². The third-order valence-electron chi connectivity index (χ3n) is 3.56. The standard InChI is InChI=1S/C17H25N3O/c1-13(12-21-5)20-11-10-18-16(20)19-15-8-6-14(7-9-15)17(2,3)4/h6-11,13H,12H2,1-5H3,(H,18,19). The second kappa shape index (κ2) is 6.31. The molecule has 0 radical (unpaired) electrons. The first-order valence-electron chi connectivity index (χ1n) is 7.31. The van der Waals surface area contributed by atoms with E-state index < -0.39 is 0 Å². The minimum Gasteiger partial charge on any atom is -0.383 e. The van der Waals surface area contributed by atoms with Crippen molar-refractivity contribution < 1.29 is 4.74 Å². The molecule has 1 atom stereocenters. The second-order valence-electron chi connectivity index (χ2n) is 6.41. The van der Waals surface area contributed by atoms with Gasteiger partial charge in [-0.05, 0) is 30.0 Å². The molecule has 21 heavy (non-hydrogen) atoms. The van der Waals surface area contributed by atoms with Gasteiger partial charge >= 0.3 is 0 Å². The maximum absolute atomic E-state index is 5.21. The molecule has 1 aromatic heterocycles. The minimum atomic E-state index is 0.171. The number of methoxy groups -OCH3 is 1. The highest BCUT2D eigenvalue weighted by molar-refractivity contribution is 5.54. The Labute approximate surface area is 127 Å². The first kappa shape index (κ1) is 15.6. The van der Waals surface area contributed by atoms with E-state index in [9.17, 15) is 0 Å². The predicted molar refractivity (Wildman–Crippen MR) is 87.2 cm³/mol. The van der Waals surface area contributed by atoms with Gasteiger partial charge in [-0.3, -0.25) is 0 Å². The highest BCUT2D eigenvalue weighted by atomic mass is 16.5. The molecule has 4 nitrogen and oxygen atoms in total. The lowest BCUT2D eigenvalue weighted by atomic mass is 9.87. The molecule has 1 unspecified atom stereocenters. The van der Waals surface area contributed by atoms with Crippen LogP contribution in [0.2, 0.25) is 0 Å². The van der Waals surface area contributed by atoms with Crippen molar-refractivity contribution in [1.29, 1.82) is 0 Å². The lowest BCUT2D eigenvalue weighted by Crippen LogP contribution is -2.13. The van der Waals surface area contributed by atoms with Crippen molar-refractivity contribution in [1.82, 2.24) is 9.55 Å². The van der Waals surface area contributed by atoms with Crippen molar-refractivity contribution in [3.63, 3.8) is 0 Å². The van der Waals surface area contributed by atoms with E-state index >= 15 is 0 Å². The van der Waals surface area contributed by atoms with E-state index in [0.717, 1.165) is 11.6 Å². The molecule has 1 aromatic carbocycles. The van der Waals surface area contributed by atoms with Crippen molar-refractivity contribution in [3.05, 3.63) is 42.2 Å². The zero-order valence-corrected chi connectivity index (χ0v) is 13.6. The van der Waals surface area contributed by atoms with Gasteiger partial charge in [0.05, 0.1) is 12.6 Å². The molecular weight excluding hydrogens is 262 g/mol. The fourth-order valence-electron chi connectivity index (χ4n) is 2.27. The Morgan fingerprint density at radius 1 is 1.24 bits per heavy atom. The molecule has 114 valence electrons. The lowest BCUT2D eigenvalue weighted by Gasteiger charge is -2.20. The second-order valence-corrected chi connectivity index (χ2v) is 6.41. The number of benzene rings is 1. The summed E-state index contributed by atoms with van der Waals surface area (Å²) in [7, 11) is 1.71. The molecule has 2 aromatic rings. The molecule has 0 spiro atoms. The van der Waals surface area contributed by atoms with Crippen LogP contribution >= 0.6 is 0 Å². The van der Waals surface area contributed by atoms with Gasteiger partial charge in [-0.1, -0.05) is 32.9 Å². The van der Waals surface area contributed by atoms with Gasteiger partial charge in [0.2, 0.25) is 5.95 Å². The van der Waals surface area contributed by atoms with Crippen molar-refractivity contribution >= 4 is 11.6 Å². The quantitative estimate of drug-likeness (QED) is 0.898. The van der Waals surface area contributed by atoms with Gasteiger partial charge in [-0.2, -0.15) is 0 Å². The SMILES string of the molecule is COCC(C)n1ccnc1Nc1ccc(C(C)(C)C)cc1. The van der Waals surface area contributed by atoms with Gasteiger partial charge in [0, 0.05) is 25.2 Å². The zero-order valence-electron chi connectivity index (χ0n) is 13.6. The van der Waals surface area contributed by atoms with Crippen molar-refractivity contribution in [3.8, 4) is 0 Å². The normalized spacial score (nSPS) is 13.2. The number of nitrogens with one attached hydrogen (secondary N) is 1. The maximum atomic E-state index is 5.21. The highest BCUT2D eigenvalue weighted by Crippen LogP contribution is 2.25. The van der Waals surface area contributed by atoms with E-state index in [-0.39, 0.29) is 11.5 Å². The van der Waals surface area contributed by atoms with E-state index in [1.807, 2.05) is 6.20 Å². The molecule has 0 aliphatic carbocycles. The number of rotatable bonds is 5. The average Bonchev–Trinajstić information content (AvgIpc) is 2.87. The Bertz CT molecular complexity index is 566. The number of aromatic nitrogens is 2. The van der Waals surface area contributed by atoms with Crippen LogP contribution in [0.25, 0.3) is 0 Å². The van der Waals surface area contributed by atoms with Crippen LogP contribution < -0.4 is 5.32 Å². The first-order chi connectivity index (χ1) is 9.91. The summed E-state index contributed by atoms with van der Waals surface area (Å²) in [6.45, 7) is 9.42. The monoisotopic (exact) mass is 287 g/mol. The molecule has 4 heteroatoms. The maximum Gasteiger partial charge on any atom is 0.207 e. The van der Waals surface area contributed by atoms with E-state index in [1.54, 1.807) is 13.3 Å². The zero-order chi connectivity index (χ0) is 15.5. The van der Waals surface area contributed by atoms with Gasteiger partial charge in [0.15, 0.2) is 0 Å². The largest absolute Gasteiger partial charge is 0.383 e. The fourth-order valence-corrected chi connectivity index (χ4v) is 2.27.